The second-order valence-electron chi connectivity index (χ2n) is 4.80. The van der Waals surface area contributed by atoms with Crippen molar-refractivity contribution in [3.05, 3.63) is 39.7 Å². The van der Waals surface area contributed by atoms with Gasteiger partial charge in [0, 0.05) is 30.8 Å². The molecule has 1 aliphatic heterocycles. The normalized spacial score (nSPS) is 20.4. The summed E-state index contributed by atoms with van der Waals surface area (Å²) in [6, 6.07) is 4.43. The number of benzene rings is 1. The molecule has 2 atom stereocenters. The Balaban J connectivity index is 1.99. The van der Waals surface area contributed by atoms with Gasteiger partial charge in [-0.05, 0) is 19.3 Å². The molecule has 0 aliphatic carbocycles. The first kappa shape index (κ1) is 13.9. The summed E-state index contributed by atoms with van der Waals surface area (Å²) in [6.07, 6.45) is 0.992. The molecule has 19 heavy (non-hydrogen) atoms. The van der Waals surface area contributed by atoms with Crippen molar-refractivity contribution < 1.29 is 14.1 Å². The Morgan fingerprint density at radius 1 is 1.63 bits per heavy atom. The monoisotopic (exact) mass is 268 g/mol. The van der Waals surface area contributed by atoms with Crippen molar-refractivity contribution in [2.45, 2.75) is 25.9 Å². The van der Waals surface area contributed by atoms with Crippen LogP contribution in [0.25, 0.3) is 0 Å². The topological polar surface area (TPSA) is 64.4 Å². The van der Waals surface area contributed by atoms with Crippen molar-refractivity contribution in [1.29, 1.82) is 0 Å². The highest BCUT2D eigenvalue weighted by Crippen LogP contribution is 2.21. The average molecular weight is 268 g/mol. The lowest BCUT2D eigenvalue weighted by Crippen LogP contribution is -2.33. The van der Waals surface area contributed by atoms with E-state index in [9.17, 15) is 14.5 Å². The maximum absolute atomic E-state index is 13.8. The highest BCUT2D eigenvalue weighted by atomic mass is 19.1. The third-order valence-corrected chi connectivity index (χ3v) is 3.54. The first-order chi connectivity index (χ1) is 9.09. The summed E-state index contributed by atoms with van der Waals surface area (Å²) in [5.41, 5.74) is -0.156. The van der Waals surface area contributed by atoms with E-state index in [1.54, 1.807) is 6.07 Å². The maximum Gasteiger partial charge on any atom is 0.305 e. The van der Waals surface area contributed by atoms with E-state index in [1.807, 2.05) is 6.92 Å². The molecule has 2 unspecified atom stereocenters. The summed E-state index contributed by atoms with van der Waals surface area (Å²) < 4.78 is 19.1. The molecule has 0 aromatic heterocycles. The van der Waals surface area contributed by atoms with Gasteiger partial charge in [0.25, 0.3) is 0 Å². The van der Waals surface area contributed by atoms with Crippen molar-refractivity contribution in [3.63, 3.8) is 0 Å². The molecule has 2 rings (SSSR count). The molecule has 5 nitrogen and oxygen atoms in total. The Hall–Kier alpha value is -1.53. The first-order valence-corrected chi connectivity index (χ1v) is 6.32. The predicted molar refractivity (Wildman–Crippen MR) is 68.3 cm³/mol. The molecule has 0 bridgehead atoms. The zero-order valence-corrected chi connectivity index (χ0v) is 10.8. The van der Waals surface area contributed by atoms with E-state index in [0.717, 1.165) is 13.0 Å². The number of nitrogens with zero attached hydrogens (tertiary/aromatic N) is 1. The van der Waals surface area contributed by atoms with Gasteiger partial charge < -0.3 is 10.1 Å². The van der Waals surface area contributed by atoms with Crippen LogP contribution in [0.2, 0.25) is 0 Å². The lowest BCUT2D eigenvalue weighted by Gasteiger charge is -2.19. The smallest absolute Gasteiger partial charge is 0.305 e. The SMILES string of the molecule is CC(NCc1cccc([N+](=O)[O-])c1F)C1CCOC1. The lowest BCUT2D eigenvalue weighted by molar-refractivity contribution is -0.387. The van der Waals surface area contributed by atoms with E-state index in [0.29, 0.717) is 18.1 Å². The summed E-state index contributed by atoms with van der Waals surface area (Å²) in [4.78, 5) is 9.95. The molecule has 6 heteroatoms. The second-order valence-corrected chi connectivity index (χ2v) is 4.80. The van der Waals surface area contributed by atoms with E-state index >= 15 is 0 Å². The van der Waals surface area contributed by atoms with Crippen molar-refractivity contribution in [2.24, 2.45) is 5.92 Å². The van der Waals surface area contributed by atoms with Gasteiger partial charge in [-0.25, -0.2) is 0 Å². The minimum absolute atomic E-state index is 0.196. The Kier molecular flexibility index (Phi) is 4.44. The van der Waals surface area contributed by atoms with Gasteiger partial charge in [-0.3, -0.25) is 10.1 Å². The maximum atomic E-state index is 13.8. The Morgan fingerprint density at radius 2 is 2.42 bits per heavy atom. The van der Waals surface area contributed by atoms with Gasteiger partial charge in [0.15, 0.2) is 0 Å². The van der Waals surface area contributed by atoms with Gasteiger partial charge in [0.2, 0.25) is 5.82 Å². The second kappa shape index (κ2) is 6.08. The predicted octanol–water partition coefficient (Wildman–Crippen LogP) is 2.25. The van der Waals surface area contributed by atoms with Crippen LogP contribution < -0.4 is 5.32 Å². The van der Waals surface area contributed by atoms with Crippen molar-refractivity contribution in [3.8, 4) is 0 Å². The zero-order valence-electron chi connectivity index (χ0n) is 10.8. The van der Waals surface area contributed by atoms with Crippen LogP contribution >= 0.6 is 0 Å². The summed E-state index contributed by atoms with van der Waals surface area (Å²) >= 11 is 0. The summed E-state index contributed by atoms with van der Waals surface area (Å²) in [5, 5.41) is 13.9. The van der Waals surface area contributed by atoms with E-state index in [-0.39, 0.29) is 12.6 Å². The summed E-state index contributed by atoms with van der Waals surface area (Å²) in [7, 11) is 0. The van der Waals surface area contributed by atoms with Crippen LogP contribution in [0.15, 0.2) is 18.2 Å². The van der Waals surface area contributed by atoms with Gasteiger partial charge in [0.05, 0.1) is 11.5 Å². The fourth-order valence-corrected chi connectivity index (χ4v) is 2.23. The molecule has 1 fully saturated rings. The highest BCUT2D eigenvalue weighted by Gasteiger charge is 2.23. The van der Waals surface area contributed by atoms with Crippen LogP contribution in [0.3, 0.4) is 0 Å². The minimum Gasteiger partial charge on any atom is -0.381 e. The molecule has 1 aliphatic rings. The van der Waals surface area contributed by atoms with Crippen LogP contribution in [0, 0.1) is 21.8 Å². The van der Waals surface area contributed by atoms with E-state index in [2.05, 4.69) is 5.32 Å². The van der Waals surface area contributed by atoms with Crippen molar-refractivity contribution in [2.75, 3.05) is 13.2 Å². The average Bonchev–Trinajstić information content (AvgIpc) is 2.90. The molecule has 1 heterocycles. The van der Waals surface area contributed by atoms with Gasteiger partial charge in [-0.2, -0.15) is 4.39 Å². The molecule has 1 aromatic carbocycles. The Labute approximate surface area is 110 Å². The van der Waals surface area contributed by atoms with Gasteiger partial charge >= 0.3 is 5.69 Å². The zero-order chi connectivity index (χ0) is 13.8. The highest BCUT2D eigenvalue weighted by molar-refractivity contribution is 5.36. The molecule has 1 N–H and O–H groups in total. The number of nitro benzene ring substituents is 1. The molecule has 1 aromatic rings. The molecular formula is C13H17FN2O3. The number of rotatable bonds is 5. The van der Waals surface area contributed by atoms with Crippen LogP contribution in [0.5, 0.6) is 0 Å². The van der Waals surface area contributed by atoms with E-state index in [1.165, 1.54) is 12.1 Å². The summed E-state index contributed by atoms with van der Waals surface area (Å²) in [6.45, 7) is 3.78. The number of hydrogen-bond acceptors (Lipinski definition) is 4. The fourth-order valence-electron chi connectivity index (χ4n) is 2.23. The number of ether oxygens (including phenoxy) is 1. The molecule has 0 radical (unpaired) electrons. The van der Waals surface area contributed by atoms with Crippen molar-refractivity contribution >= 4 is 5.69 Å². The molecular weight excluding hydrogens is 251 g/mol. The van der Waals surface area contributed by atoms with E-state index < -0.39 is 16.4 Å². The quantitative estimate of drug-likeness (QED) is 0.657. The Bertz CT molecular complexity index is 461. The third-order valence-electron chi connectivity index (χ3n) is 3.54. The first-order valence-electron chi connectivity index (χ1n) is 6.32. The minimum atomic E-state index is -0.755. The summed E-state index contributed by atoms with van der Waals surface area (Å²) in [5.74, 6) is -0.336. The van der Waals surface area contributed by atoms with Gasteiger partial charge in [-0.1, -0.05) is 12.1 Å². The molecule has 0 saturated carbocycles. The molecule has 0 amide bonds. The van der Waals surface area contributed by atoms with Crippen molar-refractivity contribution in [1.82, 2.24) is 5.32 Å². The van der Waals surface area contributed by atoms with Gasteiger partial charge in [-0.15, -0.1) is 0 Å². The van der Waals surface area contributed by atoms with Crippen LogP contribution in [-0.4, -0.2) is 24.2 Å². The van der Waals surface area contributed by atoms with Crippen LogP contribution in [-0.2, 0) is 11.3 Å². The van der Waals surface area contributed by atoms with E-state index in [4.69, 9.17) is 4.74 Å². The fraction of sp³-hybridized carbons (Fsp3) is 0.538. The number of nitro groups is 1. The molecule has 0 spiro atoms. The number of nitrogens with one attached hydrogen (secondary N) is 1. The standard InChI is InChI=1S/C13H17FN2O3/c1-9(11-5-6-19-8-11)15-7-10-3-2-4-12(13(10)14)16(17)18/h2-4,9,11,15H,5-8H2,1H3. The molecule has 104 valence electrons. The third kappa shape index (κ3) is 3.27. The molecule has 1 saturated heterocycles. The largest absolute Gasteiger partial charge is 0.381 e. The lowest BCUT2D eigenvalue weighted by atomic mass is 10.0. The van der Waals surface area contributed by atoms with Gasteiger partial charge in [0.1, 0.15) is 0 Å². The van der Waals surface area contributed by atoms with Crippen LogP contribution in [0.4, 0.5) is 10.1 Å². The number of halogens is 1. The Morgan fingerprint density at radius 3 is 3.05 bits per heavy atom. The van der Waals surface area contributed by atoms with Crippen LogP contribution in [0.1, 0.15) is 18.9 Å². The number of hydrogen-bond donors (Lipinski definition) is 1.